The van der Waals surface area contributed by atoms with Crippen LogP contribution in [0, 0.1) is 6.92 Å². The maximum absolute atomic E-state index is 6.08. The molecule has 106 valence electrons. The van der Waals surface area contributed by atoms with Crippen molar-refractivity contribution in [3.05, 3.63) is 64.2 Å². The molecule has 0 N–H and O–H groups in total. The second-order valence-electron chi connectivity index (χ2n) is 5.09. The molecule has 0 aromatic heterocycles. The molecule has 2 aromatic carbocycles. The third-order valence-electron chi connectivity index (χ3n) is 3.79. The van der Waals surface area contributed by atoms with Crippen molar-refractivity contribution in [3.8, 4) is 0 Å². The number of alkyl halides is 1. The molecule has 0 fully saturated rings. The Morgan fingerprint density at radius 1 is 1.20 bits per heavy atom. The van der Waals surface area contributed by atoms with Crippen LogP contribution in [-0.4, -0.2) is 7.05 Å². The summed E-state index contributed by atoms with van der Waals surface area (Å²) >= 11 is 9.60. The zero-order chi connectivity index (χ0) is 14.7. The number of hydrogen-bond donors (Lipinski definition) is 0. The molecule has 1 unspecified atom stereocenters. The largest absolute Gasteiger partial charge is 0.368 e. The van der Waals surface area contributed by atoms with Crippen molar-refractivity contribution in [1.29, 1.82) is 0 Å². The second-order valence-corrected chi connectivity index (χ2v) is 6.08. The van der Waals surface area contributed by atoms with Gasteiger partial charge >= 0.3 is 0 Å². The van der Waals surface area contributed by atoms with Gasteiger partial charge in [-0.1, -0.05) is 45.7 Å². The van der Waals surface area contributed by atoms with Crippen LogP contribution < -0.4 is 4.90 Å². The molecule has 0 saturated heterocycles. The van der Waals surface area contributed by atoms with E-state index in [-0.39, 0.29) is 6.04 Å². The minimum atomic E-state index is 0.280. The lowest BCUT2D eigenvalue weighted by molar-refractivity contribution is 0.739. The van der Waals surface area contributed by atoms with Crippen molar-refractivity contribution in [3.63, 3.8) is 0 Å². The number of benzene rings is 2. The van der Waals surface area contributed by atoms with Crippen molar-refractivity contribution in [2.45, 2.75) is 25.2 Å². The van der Waals surface area contributed by atoms with Gasteiger partial charge in [-0.15, -0.1) is 0 Å². The lowest BCUT2D eigenvalue weighted by Crippen LogP contribution is -2.21. The van der Waals surface area contributed by atoms with Crippen LogP contribution in [-0.2, 0) is 5.33 Å². The van der Waals surface area contributed by atoms with E-state index in [0.29, 0.717) is 0 Å². The Morgan fingerprint density at radius 2 is 1.95 bits per heavy atom. The number of hydrogen-bond acceptors (Lipinski definition) is 1. The van der Waals surface area contributed by atoms with Gasteiger partial charge in [-0.05, 0) is 54.8 Å². The predicted molar refractivity (Wildman–Crippen MR) is 92.1 cm³/mol. The lowest BCUT2D eigenvalue weighted by atomic mass is 10.0. The van der Waals surface area contributed by atoms with Gasteiger partial charge in [0.15, 0.2) is 0 Å². The highest BCUT2D eigenvalue weighted by Crippen LogP contribution is 2.28. The van der Waals surface area contributed by atoms with Crippen LogP contribution in [0.4, 0.5) is 5.69 Å². The molecule has 0 heterocycles. The predicted octanol–water partition coefficient (Wildman–Crippen LogP) is 5.74. The first kappa shape index (κ1) is 15.4. The average molecular weight is 353 g/mol. The fourth-order valence-corrected chi connectivity index (χ4v) is 3.09. The highest BCUT2D eigenvalue weighted by atomic mass is 79.9. The third-order valence-corrected chi connectivity index (χ3v) is 4.63. The molecule has 2 rings (SSSR count). The first-order chi connectivity index (χ1) is 9.52. The first-order valence-electron chi connectivity index (χ1n) is 6.66. The summed E-state index contributed by atoms with van der Waals surface area (Å²) in [6.45, 7) is 4.34. The third kappa shape index (κ3) is 3.36. The summed E-state index contributed by atoms with van der Waals surface area (Å²) < 4.78 is 0. The van der Waals surface area contributed by atoms with E-state index in [4.69, 9.17) is 11.6 Å². The smallest absolute Gasteiger partial charge is 0.0511 e. The van der Waals surface area contributed by atoms with Crippen molar-refractivity contribution in [2.24, 2.45) is 0 Å². The second kappa shape index (κ2) is 6.64. The fraction of sp³-hybridized carbons (Fsp3) is 0.294. The molecular formula is C17H19BrClN. The summed E-state index contributed by atoms with van der Waals surface area (Å²) in [6.07, 6.45) is 0. The van der Waals surface area contributed by atoms with E-state index in [0.717, 1.165) is 10.4 Å². The van der Waals surface area contributed by atoms with Crippen LogP contribution in [0.5, 0.6) is 0 Å². The summed E-state index contributed by atoms with van der Waals surface area (Å²) in [5, 5.41) is 1.68. The molecule has 0 saturated carbocycles. The van der Waals surface area contributed by atoms with Gasteiger partial charge in [0.1, 0.15) is 0 Å². The van der Waals surface area contributed by atoms with Crippen LogP contribution in [0.15, 0.2) is 42.5 Å². The number of nitrogens with zero attached hydrogens (tertiary/aromatic N) is 1. The standard InChI is InChI=1S/C17H19BrClN/c1-12-9-17(8-7-15(12)11-18)20(3)13(2)14-5-4-6-16(19)10-14/h4-10,13H,11H2,1-3H3. The van der Waals surface area contributed by atoms with Gasteiger partial charge in [0.2, 0.25) is 0 Å². The van der Waals surface area contributed by atoms with E-state index in [1.807, 2.05) is 18.2 Å². The number of rotatable bonds is 4. The Bertz CT molecular complexity index is 597. The highest BCUT2D eigenvalue weighted by molar-refractivity contribution is 9.08. The maximum Gasteiger partial charge on any atom is 0.0511 e. The molecule has 0 aliphatic heterocycles. The normalized spacial score (nSPS) is 12.2. The Kier molecular flexibility index (Phi) is 5.11. The van der Waals surface area contributed by atoms with Crippen molar-refractivity contribution in [2.75, 3.05) is 11.9 Å². The van der Waals surface area contributed by atoms with Gasteiger partial charge in [0.25, 0.3) is 0 Å². The van der Waals surface area contributed by atoms with Gasteiger partial charge in [0, 0.05) is 23.1 Å². The summed E-state index contributed by atoms with van der Waals surface area (Å²) in [5.74, 6) is 0. The molecule has 0 spiro atoms. The summed E-state index contributed by atoms with van der Waals surface area (Å²) in [4.78, 5) is 2.27. The van der Waals surface area contributed by atoms with Crippen molar-refractivity contribution < 1.29 is 0 Å². The van der Waals surface area contributed by atoms with E-state index in [1.165, 1.54) is 22.4 Å². The van der Waals surface area contributed by atoms with E-state index >= 15 is 0 Å². The number of halogens is 2. The summed E-state index contributed by atoms with van der Waals surface area (Å²) in [7, 11) is 2.12. The van der Waals surface area contributed by atoms with E-state index < -0.39 is 0 Å². The first-order valence-corrected chi connectivity index (χ1v) is 8.16. The minimum absolute atomic E-state index is 0.280. The van der Waals surface area contributed by atoms with Crippen LogP contribution >= 0.6 is 27.5 Å². The van der Waals surface area contributed by atoms with Gasteiger partial charge < -0.3 is 4.90 Å². The SMILES string of the molecule is Cc1cc(N(C)C(C)c2cccc(Cl)c2)ccc1CBr. The molecule has 0 radical (unpaired) electrons. The monoisotopic (exact) mass is 351 g/mol. The fourth-order valence-electron chi connectivity index (χ4n) is 2.26. The topological polar surface area (TPSA) is 3.24 Å². The van der Waals surface area contributed by atoms with Crippen molar-refractivity contribution in [1.82, 2.24) is 0 Å². The Morgan fingerprint density at radius 3 is 2.55 bits per heavy atom. The van der Waals surface area contributed by atoms with E-state index in [9.17, 15) is 0 Å². The molecule has 2 aromatic rings. The minimum Gasteiger partial charge on any atom is -0.368 e. The number of anilines is 1. The zero-order valence-electron chi connectivity index (χ0n) is 12.0. The van der Waals surface area contributed by atoms with Gasteiger partial charge in [-0.3, -0.25) is 0 Å². The Hall–Kier alpha value is -0.990. The van der Waals surface area contributed by atoms with E-state index in [2.05, 4.69) is 66.0 Å². The Balaban J connectivity index is 2.26. The summed E-state index contributed by atoms with van der Waals surface area (Å²) in [6, 6.07) is 14.9. The van der Waals surface area contributed by atoms with Crippen molar-refractivity contribution >= 4 is 33.2 Å². The number of aryl methyl sites for hydroxylation is 1. The summed E-state index contributed by atoms with van der Waals surface area (Å²) in [5.41, 5.74) is 5.09. The average Bonchev–Trinajstić information content (AvgIpc) is 2.45. The van der Waals surface area contributed by atoms with Crippen LogP contribution in [0.2, 0.25) is 5.02 Å². The molecule has 3 heteroatoms. The van der Waals surface area contributed by atoms with Crippen LogP contribution in [0.25, 0.3) is 0 Å². The van der Waals surface area contributed by atoms with Crippen LogP contribution in [0.1, 0.15) is 29.7 Å². The van der Waals surface area contributed by atoms with Crippen LogP contribution in [0.3, 0.4) is 0 Å². The maximum atomic E-state index is 6.08. The molecule has 20 heavy (non-hydrogen) atoms. The zero-order valence-corrected chi connectivity index (χ0v) is 14.4. The van der Waals surface area contributed by atoms with E-state index in [1.54, 1.807) is 0 Å². The molecule has 0 amide bonds. The Labute approximate surface area is 134 Å². The highest BCUT2D eigenvalue weighted by Gasteiger charge is 2.13. The molecule has 1 nitrogen and oxygen atoms in total. The molecule has 0 aliphatic rings. The van der Waals surface area contributed by atoms with Gasteiger partial charge in [0.05, 0.1) is 6.04 Å². The molecular weight excluding hydrogens is 334 g/mol. The van der Waals surface area contributed by atoms with Gasteiger partial charge in [-0.25, -0.2) is 0 Å². The quantitative estimate of drug-likeness (QED) is 0.634. The molecule has 0 aliphatic carbocycles. The molecule has 0 bridgehead atoms. The van der Waals surface area contributed by atoms with Gasteiger partial charge in [-0.2, -0.15) is 0 Å². The lowest BCUT2D eigenvalue weighted by Gasteiger charge is -2.28. The molecule has 1 atom stereocenters.